The SMILES string of the molecule is O=C(O)c1c(Cl)cccc1NC(=O)C1CC=CC1. The van der Waals surface area contributed by atoms with Gasteiger partial charge in [-0.2, -0.15) is 0 Å². The monoisotopic (exact) mass is 265 g/mol. The van der Waals surface area contributed by atoms with Gasteiger partial charge in [-0.3, -0.25) is 4.79 Å². The van der Waals surface area contributed by atoms with Crippen molar-refractivity contribution in [3.8, 4) is 0 Å². The van der Waals surface area contributed by atoms with E-state index in [0.717, 1.165) is 0 Å². The van der Waals surface area contributed by atoms with E-state index >= 15 is 0 Å². The smallest absolute Gasteiger partial charge is 0.339 e. The molecule has 0 bridgehead atoms. The van der Waals surface area contributed by atoms with Crippen LogP contribution >= 0.6 is 11.6 Å². The Morgan fingerprint density at radius 1 is 1.28 bits per heavy atom. The third kappa shape index (κ3) is 2.54. The number of anilines is 1. The van der Waals surface area contributed by atoms with Crippen molar-refractivity contribution >= 4 is 29.2 Å². The molecule has 0 aromatic heterocycles. The molecule has 2 rings (SSSR count). The Hall–Kier alpha value is -1.81. The van der Waals surface area contributed by atoms with Crippen molar-refractivity contribution in [3.05, 3.63) is 40.9 Å². The van der Waals surface area contributed by atoms with Crippen molar-refractivity contribution in [2.75, 3.05) is 5.32 Å². The first-order valence-electron chi connectivity index (χ1n) is 5.57. The molecule has 0 fully saturated rings. The van der Waals surface area contributed by atoms with Crippen LogP contribution in [-0.4, -0.2) is 17.0 Å². The van der Waals surface area contributed by atoms with Gasteiger partial charge in [-0.25, -0.2) is 4.79 Å². The summed E-state index contributed by atoms with van der Waals surface area (Å²) in [5.41, 5.74) is 0.172. The van der Waals surface area contributed by atoms with E-state index in [1.54, 1.807) is 6.07 Å². The first kappa shape index (κ1) is 12.6. The highest BCUT2D eigenvalue weighted by Gasteiger charge is 2.22. The molecule has 4 nitrogen and oxygen atoms in total. The number of halogens is 1. The molecule has 0 aliphatic heterocycles. The second kappa shape index (κ2) is 5.23. The summed E-state index contributed by atoms with van der Waals surface area (Å²) in [6.45, 7) is 0. The summed E-state index contributed by atoms with van der Waals surface area (Å²) < 4.78 is 0. The van der Waals surface area contributed by atoms with E-state index in [4.69, 9.17) is 16.7 Å². The van der Waals surface area contributed by atoms with E-state index in [9.17, 15) is 9.59 Å². The number of rotatable bonds is 3. The minimum Gasteiger partial charge on any atom is -0.478 e. The predicted octanol–water partition coefficient (Wildman–Crippen LogP) is 2.94. The lowest BCUT2D eigenvalue weighted by atomic mass is 10.1. The summed E-state index contributed by atoms with van der Waals surface area (Å²) in [6.07, 6.45) is 5.27. The maximum atomic E-state index is 11.9. The molecule has 2 N–H and O–H groups in total. The maximum absolute atomic E-state index is 11.9. The van der Waals surface area contributed by atoms with Gasteiger partial charge in [0.15, 0.2) is 0 Å². The van der Waals surface area contributed by atoms with Crippen LogP contribution in [-0.2, 0) is 4.79 Å². The number of carbonyl (C=O) groups is 2. The van der Waals surface area contributed by atoms with Crippen LogP contribution < -0.4 is 5.32 Å². The summed E-state index contributed by atoms with van der Waals surface area (Å²) >= 11 is 5.82. The zero-order chi connectivity index (χ0) is 13.1. The molecule has 1 aliphatic rings. The summed E-state index contributed by atoms with van der Waals surface area (Å²) in [5, 5.41) is 11.8. The van der Waals surface area contributed by atoms with Gasteiger partial charge < -0.3 is 10.4 Å². The molecule has 1 amide bonds. The molecule has 0 saturated carbocycles. The first-order valence-corrected chi connectivity index (χ1v) is 5.95. The molecule has 0 unspecified atom stereocenters. The largest absolute Gasteiger partial charge is 0.478 e. The molecule has 0 spiro atoms. The molecule has 18 heavy (non-hydrogen) atoms. The van der Waals surface area contributed by atoms with Crippen LogP contribution in [0, 0.1) is 5.92 Å². The number of amides is 1. The van der Waals surface area contributed by atoms with E-state index in [1.807, 2.05) is 12.2 Å². The lowest BCUT2D eigenvalue weighted by Gasteiger charge is -2.13. The third-order valence-corrected chi connectivity index (χ3v) is 3.18. The highest BCUT2D eigenvalue weighted by Crippen LogP contribution is 2.26. The Morgan fingerprint density at radius 2 is 1.94 bits per heavy atom. The number of carboxylic acid groups (broad SMARTS) is 1. The standard InChI is InChI=1S/C13H12ClNO3/c14-9-6-3-7-10(11(9)13(17)18)15-12(16)8-4-1-2-5-8/h1-3,6-8H,4-5H2,(H,15,16)(H,17,18). The van der Waals surface area contributed by atoms with E-state index in [1.165, 1.54) is 12.1 Å². The fourth-order valence-electron chi connectivity index (χ4n) is 1.91. The maximum Gasteiger partial charge on any atom is 0.339 e. The van der Waals surface area contributed by atoms with Crippen molar-refractivity contribution in [2.24, 2.45) is 5.92 Å². The highest BCUT2D eigenvalue weighted by atomic mass is 35.5. The normalized spacial score (nSPS) is 14.7. The Kier molecular flexibility index (Phi) is 3.67. The van der Waals surface area contributed by atoms with Gasteiger partial charge in [0, 0.05) is 5.92 Å². The Morgan fingerprint density at radius 3 is 2.56 bits per heavy atom. The van der Waals surface area contributed by atoms with Crippen molar-refractivity contribution < 1.29 is 14.7 Å². The zero-order valence-electron chi connectivity index (χ0n) is 9.52. The van der Waals surface area contributed by atoms with Crippen LogP contribution in [0.3, 0.4) is 0 Å². The van der Waals surface area contributed by atoms with Gasteiger partial charge in [-0.05, 0) is 25.0 Å². The Balaban J connectivity index is 2.21. The number of allylic oxidation sites excluding steroid dienone is 2. The van der Waals surface area contributed by atoms with Gasteiger partial charge in [-0.1, -0.05) is 29.8 Å². The molecular weight excluding hydrogens is 254 g/mol. The molecule has 0 radical (unpaired) electrons. The number of nitrogens with one attached hydrogen (secondary N) is 1. The fourth-order valence-corrected chi connectivity index (χ4v) is 2.17. The van der Waals surface area contributed by atoms with Crippen molar-refractivity contribution in [3.63, 3.8) is 0 Å². The van der Waals surface area contributed by atoms with Crippen LogP contribution in [0.25, 0.3) is 0 Å². The van der Waals surface area contributed by atoms with Crippen LogP contribution in [0.5, 0.6) is 0 Å². The van der Waals surface area contributed by atoms with Crippen LogP contribution in [0.15, 0.2) is 30.4 Å². The molecule has 0 saturated heterocycles. The predicted molar refractivity (Wildman–Crippen MR) is 68.9 cm³/mol. The highest BCUT2D eigenvalue weighted by molar-refractivity contribution is 6.34. The zero-order valence-corrected chi connectivity index (χ0v) is 10.3. The number of benzene rings is 1. The topological polar surface area (TPSA) is 66.4 Å². The number of aromatic carboxylic acids is 1. The van der Waals surface area contributed by atoms with Gasteiger partial charge >= 0.3 is 5.97 Å². The molecule has 1 aromatic carbocycles. The minimum atomic E-state index is -1.15. The summed E-state index contributed by atoms with van der Waals surface area (Å²) in [6, 6.07) is 4.63. The Bertz CT molecular complexity index is 517. The Labute approximate surface area is 109 Å². The van der Waals surface area contributed by atoms with Crippen LogP contribution in [0.2, 0.25) is 5.02 Å². The lowest BCUT2D eigenvalue weighted by Crippen LogP contribution is -2.22. The van der Waals surface area contributed by atoms with Crippen molar-refractivity contribution in [1.29, 1.82) is 0 Å². The van der Waals surface area contributed by atoms with Gasteiger partial charge in [0.1, 0.15) is 5.56 Å². The molecule has 1 aromatic rings. The molecule has 94 valence electrons. The summed E-state index contributed by atoms with van der Waals surface area (Å²) in [4.78, 5) is 23.0. The molecule has 0 atom stereocenters. The fraction of sp³-hybridized carbons (Fsp3) is 0.231. The lowest BCUT2D eigenvalue weighted by molar-refractivity contribution is -0.119. The average Bonchev–Trinajstić information content (AvgIpc) is 2.81. The van der Waals surface area contributed by atoms with Crippen LogP contribution in [0.4, 0.5) is 5.69 Å². The number of hydrogen-bond donors (Lipinski definition) is 2. The van der Waals surface area contributed by atoms with Crippen molar-refractivity contribution in [2.45, 2.75) is 12.8 Å². The van der Waals surface area contributed by atoms with Crippen molar-refractivity contribution in [1.82, 2.24) is 0 Å². The van der Waals surface area contributed by atoms with E-state index in [-0.39, 0.29) is 28.1 Å². The second-order valence-corrected chi connectivity index (χ2v) is 4.50. The number of carboxylic acids is 1. The molecule has 0 heterocycles. The van der Waals surface area contributed by atoms with Crippen LogP contribution in [0.1, 0.15) is 23.2 Å². The molecule has 1 aliphatic carbocycles. The third-order valence-electron chi connectivity index (χ3n) is 2.86. The first-order chi connectivity index (χ1) is 8.59. The average molecular weight is 266 g/mol. The van der Waals surface area contributed by atoms with Gasteiger partial charge in [0.25, 0.3) is 0 Å². The summed E-state index contributed by atoms with van der Waals surface area (Å²) in [5.74, 6) is -1.45. The summed E-state index contributed by atoms with van der Waals surface area (Å²) in [7, 11) is 0. The van der Waals surface area contributed by atoms with Gasteiger partial charge in [0.2, 0.25) is 5.91 Å². The second-order valence-electron chi connectivity index (χ2n) is 4.10. The van der Waals surface area contributed by atoms with E-state index < -0.39 is 5.97 Å². The van der Waals surface area contributed by atoms with Gasteiger partial charge in [0.05, 0.1) is 10.7 Å². The van der Waals surface area contributed by atoms with Gasteiger partial charge in [-0.15, -0.1) is 0 Å². The minimum absolute atomic E-state index is 0.0709. The molecular formula is C13H12ClNO3. The van der Waals surface area contributed by atoms with E-state index in [0.29, 0.717) is 12.8 Å². The quantitative estimate of drug-likeness (QED) is 0.826. The van der Waals surface area contributed by atoms with E-state index in [2.05, 4.69) is 5.32 Å². The molecule has 5 heteroatoms. The number of carbonyl (C=O) groups excluding carboxylic acids is 1. The number of hydrogen-bond acceptors (Lipinski definition) is 2.